The molecule has 3 rings (SSSR count). The number of nitrogens with one attached hydrogen (secondary N) is 1. The molecule has 0 spiro atoms. The number of fused-ring (bicyclic) bond motifs is 1. The highest BCUT2D eigenvalue weighted by Gasteiger charge is 2.31. The lowest BCUT2D eigenvalue weighted by Crippen LogP contribution is -2.51. The summed E-state index contributed by atoms with van der Waals surface area (Å²) in [5.41, 5.74) is 1.05. The van der Waals surface area contributed by atoms with Crippen molar-refractivity contribution in [2.75, 3.05) is 37.1 Å². The van der Waals surface area contributed by atoms with Gasteiger partial charge in [-0.3, -0.25) is 13.9 Å². The fourth-order valence-corrected chi connectivity index (χ4v) is 4.78. The van der Waals surface area contributed by atoms with Gasteiger partial charge in [-0.2, -0.15) is 0 Å². The molecule has 0 saturated heterocycles. The minimum Gasteiger partial charge on any atom is -0.497 e. The summed E-state index contributed by atoms with van der Waals surface area (Å²) in [6, 6.07) is 11.0. The summed E-state index contributed by atoms with van der Waals surface area (Å²) in [6.45, 7) is 7.23. The predicted molar refractivity (Wildman–Crippen MR) is 140 cm³/mol. The fourth-order valence-electron chi connectivity index (χ4n) is 3.72. The third-order valence-corrected chi connectivity index (χ3v) is 7.73. The number of methoxy groups -OCH3 is 1. The van der Waals surface area contributed by atoms with Crippen molar-refractivity contribution < 1.29 is 32.2 Å². The third-order valence-electron chi connectivity index (χ3n) is 5.99. The first kappa shape index (κ1) is 28.1. The highest BCUT2D eigenvalue weighted by Crippen LogP contribution is 2.36. The van der Waals surface area contributed by atoms with Crippen molar-refractivity contribution in [3.8, 4) is 17.2 Å². The second-order valence-corrected chi connectivity index (χ2v) is 11.3. The van der Waals surface area contributed by atoms with Gasteiger partial charge in [0.25, 0.3) is 0 Å². The van der Waals surface area contributed by atoms with E-state index in [1.165, 1.54) is 17.9 Å². The summed E-state index contributed by atoms with van der Waals surface area (Å²) in [5.74, 6) is 0.752. The molecule has 1 heterocycles. The van der Waals surface area contributed by atoms with Gasteiger partial charge in [-0.25, -0.2) is 8.42 Å². The smallest absolute Gasteiger partial charge is 0.244 e. The maximum Gasteiger partial charge on any atom is 0.244 e. The van der Waals surface area contributed by atoms with Gasteiger partial charge in [0, 0.05) is 19.2 Å². The average molecular weight is 534 g/mol. The molecule has 10 nitrogen and oxygen atoms in total. The number of nitrogens with zero attached hydrogens (tertiary/aromatic N) is 2. The molecule has 2 aromatic carbocycles. The van der Waals surface area contributed by atoms with Crippen molar-refractivity contribution in [3.05, 3.63) is 48.0 Å². The molecular formula is C26H35N3O7S. The van der Waals surface area contributed by atoms with Crippen molar-refractivity contribution in [1.29, 1.82) is 0 Å². The van der Waals surface area contributed by atoms with Crippen LogP contribution in [-0.2, 0) is 26.2 Å². The Balaban J connectivity index is 1.91. The average Bonchev–Trinajstić information content (AvgIpc) is 3.36. The molecule has 1 aliphatic heterocycles. The number of anilines is 1. The monoisotopic (exact) mass is 533 g/mol. The first-order valence-corrected chi connectivity index (χ1v) is 13.8. The Kier molecular flexibility index (Phi) is 9.25. The third kappa shape index (κ3) is 7.06. The van der Waals surface area contributed by atoms with Crippen LogP contribution < -0.4 is 23.8 Å². The Morgan fingerprint density at radius 1 is 1.05 bits per heavy atom. The van der Waals surface area contributed by atoms with Crippen LogP contribution in [0.2, 0.25) is 0 Å². The summed E-state index contributed by atoms with van der Waals surface area (Å²) >= 11 is 0. The van der Waals surface area contributed by atoms with E-state index in [1.807, 2.05) is 13.8 Å². The van der Waals surface area contributed by atoms with E-state index in [0.717, 1.165) is 9.87 Å². The molecule has 202 valence electrons. The molecule has 0 saturated carbocycles. The van der Waals surface area contributed by atoms with Gasteiger partial charge in [0.2, 0.25) is 28.6 Å². The van der Waals surface area contributed by atoms with Gasteiger partial charge in [-0.05, 0) is 49.6 Å². The van der Waals surface area contributed by atoms with E-state index in [-0.39, 0.29) is 36.6 Å². The van der Waals surface area contributed by atoms with Gasteiger partial charge in [0.15, 0.2) is 11.5 Å². The number of carbonyl (C=O) groups excluding carboxylic acids is 2. The zero-order chi connectivity index (χ0) is 27.2. The van der Waals surface area contributed by atoms with Gasteiger partial charge in [-0.1, -0.05) is 26.0 Å². The summed E-state index contributed by atoms with van der Waals surface area (Å²) in [6.07, 6.45) is 0. The van der Waals surface area contributed by atoms with Crippen molar-refractivity contribution >= 4 is 27.5 Å². The van der Waals surface area contributed by atoms with Crippen LogP contribution in [0.1, 0.15) is 33.3 Å². The molecule has 0 bridgehead atoms. The minimum atomic E-state index is -3.84. The Bertz CT molecular complexity index is 1200. The molecule has 1 unspecified atom stereocenters. The van der Waals surface area contributed by atoms with Crippen LogP contribution in [0.25, 0.3) is 0 Å². The van der Waals surface area contributed by atoms with Crippen LogP contribution >= 0.6 is 0 Å². The summed E-state index contributed by atoms with van der Waals surface area (Å²) in [5, 5.41) is 2.86. The highest BCUT2D eigenvalue weighted by molar-refractivity contribution is 7.92. The topological polar surface area (TPSA) is 114 Å². The number of sulfonamides is 1. The molecule has 2 amide bonds. The van der Waals surface area contributed by atoms with Crippen LogP contribution in [0.5, 0.6) is 17.2 Å². The molecule has 0 aromatic heterocycles. The van der Waals surface area contributed by atoms with Crippen LogP contribution in [0.15, 0.2) is 42.5 Å². The molecule has 1 aliphatic rings. The van der Waals surface area contributed by atoms with Crippen LogP contribution in [0, 0.1) is 5.92 Å². The lowest BCUT2D eigenvalue weighted by Gasteiger charge is -2.32. The Hall–Kier alpha value is -3.47. The Morgan fingerprint density at radius 2 is 1.73 bits per heavy atom. The SMILES string of the molecule is CCS(=O)(=O)N(CC(=O)N(Cc1ccc(OC)cc1)C(C)C(=O)NCC(C)C)c1ccc2c(c1)OCO2. The number of benzene rings is 2. The first-order chi connectivity index (χ1) is 17.6. The van der Waals surface area contributed by atoms with Crippen LogP contribution in [-0.4, -0.2) is 63.9 Å². The molecule has 11 heteroatoms. The molecule has 0 fully saturated rings. The van der Waals surface area contributed by atoms with Crippen molar-refractivity contribution in [2.45, 2.75) is 40.3 Å². The standard InChI is InChI=1S/C26H35N3O7S/c1-6-37(32,33)29(21-9-12-23-24(13-21)36-17-35-23)16-25(30)28(19(4)26(31)27-14-18(2)3)15-20-7-10-22(34-5)11-8-20/h7-13,18-19H,6,14-17H2,1-5H3,(H,27,31). The lowest BCUT2D eigenvalue weighted by molar-refractivity contribution is -0.139. The quantitative estimate of drug-likeness (QED) is 0.446. The fraction of sp³-hybridized carbons (Fsp3) is 0.462. The zero-order valence-corrected chi connectivity index (χ0v) is 22.7. The maximum atomic E-state index is 13.7. The van der Waals surface area contributed by atoms with E-state index in [1.54, 1.807) is 50.4 Å². The van der Waals surface area contributed by atoms with E-state index >= 15 is 0 Å². The molecule has 0 aliphatic carbocycles. The number of ether oxygens (including phenoxy) is 3. The highest BCUT2D eigenvalue weighted by atomic mass is 32.2. The minimum absolute atomic E-state index is 0.0386. The summed E-state index contributed by atoms with van der Waals surface area (Å²) < 4.78 is 43.1. The van der Waals surface area contributed by atoms with Gasteiger partial charge >= 0.3 is 0 Å². The van der Waals surface area contributed by atoms with Crippen molar-refractivity contribution in [2.24, 2.45) is 5.92 Å². The molecule has 1 N–H and O–H groups in total. The molecule has 37 heavy (non-hydrogen) atoms. The number of hydrogen-bond acceptors (Lipinski definition) is 7. The van der Waals surface area contributed by atoms with Crippen LogP contribution in [0.4, 0.5) is 5.69 Å². The first-order valence-electron chi connectivity index (χ1n) is 12.2. The second-order valence-electron chi connectivity index (χ2n) is 9.13. The Morgan fingerprint density at radius 3 is 2.35 bits per heavy atom. The number of amides is 2. The molecular weight excluding hydrogens is 498 g/mol. The Labute approximate surface area is 218 Å². The van der Waals surface area contributed by atoms with Crippen LogP contribution in [0.3, 0.4) is 0 Å². The van der Waals surface area contributed by atoms with Gasteiger partial charge in [-0.15, -0.1) is 0 Å². The van der Waals surface area contributed by atoms with Gasteiger partial charge in [0.05, 0.1) is 18.6 Å². The van der Waals surface area contributed by atoms with E-state index < -0.39 is 28.5 Å². The van der Waals surface area contributed by atoms with Gasteiger partial charge < -0.3 is 24.4 Å². The second kappa shape index (κ2) is 12.2. The molecule has 2 aromatic rings. The molecule has 1 atom stereocenters. The number of hydrogen-bond donors (Lipinski definition) is 1. The van der Waals surface area contributed by atoms with E-state index in [9.17, 15) is 18.0 Å². The van der Waals surface area contributed by atoms with E-state index in [0.29, 0.717) is 23.8 Å². The van der Waals surface area contributed by atoms with Crippen molar-refractivity contribution in [3.63, 3.8) is 0 Å². The molecule has 0 radical (unpaired) electrons. The summed E-state index contributed by atoms with van der Waals surface area (Å²) in [4.78, 5) is 28.0. The summed E-state index contributed by atoms with van der Waals surface area (Å²) in [7, 11) is -2.28. The van der Waals surface area contributed by atoms with Gasteiger partial charge in [0.1, 0.15) is 18.3 Å². The lowest BCUT2D eigenvalue weighted by atomic mass is 10.1. The predicted octanol–water partition coefficient (Wildman–Crippen LogP) is 2.77. The maximum absolute atomic E-state index is 13.7. The number of carbonyl (C=O) groups is 2. The van der Waals surface area contributed by atoms with Crippen molar-refractivity contribution in [1.82, 2.24) is 10.2 Å². The normalized spacial score (nSPS) is 13.2. The largest absolute Gasteiger partial charge is 0.497 e. The van der Waals surface area contributed by atoms with E-state index in [2.05, 4.69) is 5.32 Å². The number of rotatable bonds is 12. The zero-order valence-electron chi connectivity index (χ0n) is 21.9. The van der Waals surface area contributed by atoms with E-state index in [4.69, 9.17) is 14.2 Å².